The summed E-state index contributed by atoms with van der Waals surface area (Å²) in [6.45, 7) is 5.19. The fourth-order valence-electron chi connectivity index (χ4n) is 4.18. The van der Waals surface area contributed by atoms with E-state index in [2.05, 4.69) is 26.2 Å². The van der Waals surface area contributed by atoms with Gasteiger partial charge in [0.1, 0.15) is 0 Å². The lowest BCUT2D eigenvalue weighted by Crippen LogP contribution is -2.41. The second kappa shape index (κ2) is 6.19. The summed E-state index contributed by atoms with van der Waals surface area (Å²) in [5, 5.41) is 3.50. The van der Waals surface area contributed by atoms with E-state index >= 15 is 0 Å². The lowest BCUT2D eigenvalue weighted by Gasteiger charge is -2.31. The smallest absolute Gasteiger partial charge is 0.0725 e. The molecule has 0 aromatic carbocycles. The van der Waals surface area contributed by atoms with E-state index < -0.39 is 0 Å². The third-order valence-electron chi connectivity index (χ3n) is 5.04. The summed E-state index contributed by atoms with van der Waals surface area (Å²) < 4.78 is 5.87. The van der Waals surface area contributed by atoms with Crippen molar-refractivity contribution in [2.24, 2.45) is 17.8 Å². The first kappa shape index (κ1) is 13.4. The van der Waals surface area contributed by atoms with Crippen molar-refractivity contribution in [1.82, 2.24) is 5.32 Å². The standard InChI is InChI=1S/C15H29NO/c1-4-15(17-5-2)14(16-3)10-13-9-11-6-7-12(13)8-11/h11-16H,4-10H2,1-3H3. The molecule has 0 saturated heterocycles. The summed E-state index contributed by atoms with van der Waals surface area (Å²) in [7, 11) is 2.10. The molecule has 0 amide bonds. The Bertz CT molecular complexity index is 231. The number of rotatable bonds is 7. The molecule has 2 saturated carbocycles. The summed E-state index contributed by atoms with van der Waals surface area (Å²) in [5.74, 6) is 3.07. The van der Waals surface area contributed by atoms with Gasteiger partial charge in [-0.25, -0.2) is 0 Å². The molecule has 0 aromatic heterocycles. The Labute approximate surface area is 107 Å². The van der Waals surface area contributed by atoms with Crippen LogP contribution in [0.2, 0.25) is 0 Å². The number of ether oxygens (including phenoxy) is 1. The van der Waals surface area contributed by atoms with Crippen molar-refractivity contribution < 1.29 is 4.74 Å². The zero-order valence-corrected chi connectivity index (χ0v) is 11.7. The van der Waals surface area contributed by atoms with Crippen LogP contribution in [0.1, 0.15) is 52.4 Å². The van der Waals surface area contributed by atoms with Crippen LogP contribution in [0.15, 0.2) is 0 Å². The zero-order chi connectivity index (χ0) is 12.3. The van der Waals surface area contributed by atoms with Crippen molar-refractivity contribution in [2.75, 3.05) is 13.7 Å². The molecule has 0 radical (unpaired) electrons. The van der Waals surface area contributed by atoms with Gasteiger partial charge in [0.2, 0.25) is 0 Å². The van der Waals surface area contributed by atoms with Gasteiger partial charge in [0.05, 0.1) is 6.10 Å². The molecule has 2 bridgehead atoms. The summed E-state index contributed by atoms with van der Waals surface area (Å²) in [5.41, 5.74) is 0. The molecule has 0 aromatic rings. The zero-order valence-electron chi connectivity index (χ0n) is 11.7. The van der Waals surface area contributed by atoms with Crippen LogP contribution in [0.5, 0.6) is 0 Å². The third kappa shape index (κ3) is 3.03. The van der Waals surface area contributed by atoms with Gasteiger partial charge in [-0.05, 0) is 63.8 Å². The molecule has 5 atom stereocenters. The molecule has 0 spiro atoms. The van der Waals surface area contributed by atoms with Crippen LogP contribution in [0.3, 0.4) is 0 Å². The second-order valence-corrected chi connectivity index (χ2v) is 5.97. The van der Waals surface area contributed by atoms with Gasteiger partial charge >= 0.3 is 0 Å². The lowest BCUT2D eigenvalue weighted by atomic mass is 9.83. The SMILES string of the molecule is CCOC(CC)C(CC1CC2CCC1C2)NC. The molecule has 2 nitrogen and oxygen atoms in total. The van der Waals surface area contributed by atoms with Crippen LogP contribution in [-0.4, -0.2) is 25.8 Å². The van der Waals surface area contributed by atoms with Crippen molar-refractivity contribution >= 4 is 0 Å². The van der Waals surface area contributed by atoms with Crippen LogP contribution < -0.4 is 5.32 Å². The molecule has 0 aliphatic heterocycles. The van der Waals surface area contributed by atoms with Crippen LogP contribution in [0, 0.1) is 17.8 Å². The Kier molecular flexibility index (Phi) is 4.87. The molecule has 2 aliphatic carbocycles. The third-order valence-corrected chi connectivity index (χ3v) is 5.04. The lowest BCUT2D eigenvalue weighted by molar-refractivity contribution is 0.0247. The summed E-state index contributed by atoms with van der Waals surface area (Å²) in [6, 6.07) is 0.560. The normalized spacial score (nSPS) is 35.1. The fourth-order valence-corrected chi connectivity index (χ4v) is 4.18. The van der Waals surface area contributed by atoms with Crippen molar-refractivity contribution in [1.29, 1.82) is 0 Å². The monoisotopic (exact) mass is 239 g/mol. The van der Waals surface area contributed by atoms with Gasteiger partial charge in [0.25, 0.3) is 0 Å². The summed E-state index contributed by atoms with van der Waals surface area (Å²) >= 11 is 0. The fraction of sp³-hybridized carbons (Fsp3) is 1.00. The predicted molar refractivity (Wildman–Crippen MR) is 72.1 cm³/mol. The van der Waals surface area contributed by atoms with Crippen LogP contribution in [0.25, 0.3) is 0 Å². The maximum absolute atomic E-state index is 5.87. The van der Waals surface area contributed by atoms with Crippen molar-refractivity contribution in [3.63, 3.8) is 0 Å². The molecule has 1 N–H and O–H groups in total. The Hall–Kier alpha value is -0.0800. The molecule has 2 heteroatoms. The molecular weight excluding hydrogens is 210 g/mol. The average molecular weight is 239 g/mol. The Morgan fingerprint density at radius 2 is 2.06 bits per heavy atom. The van der Waals surface area contributed by atoms with E-state index in [-0.39, 0.29) is 0 Å². The maximum atomic E-state index is 5.87. The van der Waals surface area contributed by atoms with Crippen molar-refractivity contribution in [3.8, 4) is 0 Å². The summed E-state index contributed by atoms with van der Waals surface area (Å²) in [4.78, 5) is 0. The molecule has 2 rings (SSSR count). The molecular formula is C15H29NO. The maximum Gasteiger partial charge on any atom is 0.0725 e. The van der Waals surface area contributed by atoms with E-state index in [4.69, 9.17) is 4.74 Å². The van der Waals surface area contributed by atoms with E-state index in [1.165, 1.54) is 32.1 Å². The first-order valence-electron chi connectivity index (χ1n) is 7.57. The molecule has 17 heavy (non-hydrogen) atoms. The Balaban J connectivity index is 1.86. The first-order valence-corrected chi connectivity index (χ1v) is 7.57. The van der Waals surface area contributed by atoms with Crippen LogP contribution in [-0.2, 0) is 4.74 Å². The minimum absolute atomic E-state index is 0.407. The van der Waals surface area contributed by atoms with Gasteiger partial charge in [0.15, 0.2) is 0 Å². The number of fused-ring (bicyclic) bond motifs is 2. The highest BCUT2D eigenvalue weighted by molar-refractivity contribution is 4.92. The minimum atomic E-state index is 0.407. The number of hydrogen-bond donors (Lipinski definition) is 1. The van der Waals surface area contributed by atoms with E-state index in [1.54, 1.807) is 0 Å². The van der Waals surface area contributed by atoms with E-state index in [1.807, 2.05) is 0 Å². The molecule has 2 aliphatic rings. The van der Waals surface area contributed by atoms with Gasteiger partial charge in [-0.3, -0.25) is 0 Å². The highest BCUT2D eigenvalue weighted by Gasteiger charge is 2.40. The van der Waals surface area contributed by atoms with Gasteiger partial charge in [-0.15, -0.1) is 0 Å². The molecule has 0 heterocycles. The number of hydrogen-bond acceptors (Lipinski definition) is 2. The predicted octanol–water partition coefficient (Wildman–Crippen LogP) is 3.22. The largest absolute Gasteiger partial charge is 0.377 e. The molecule has 2 fully saturated rings. The van der Waals surface area contributed by atoms with Crippen LogP contribution in [0.4, 0.5) is 0 Å². The van der Waals surface area contributed by atoms with Crippen molar-refractivity contribution in [3.05, 3.63) is 0 Å². The van der Waals surface area contributed by atoms with Crippen molar-refractivity contribution in [2.45, 2.75) is 64.5 Å². The van der Waals surface area contributed by atoms with E-state index in [0.29, 0.717) is 12.1 Å². The molecule has 5 unspecified atom stereocenters. The highest BCUT2D eigenvalue weighted by atomic mass is 16.5. The Morgan fingerprint density at radius 3 is 2.53 bits per heavy atom. The minimum Gasteiger partial charge on any atom is -0.377 e. The van der Waals surface area contributed by atoms with Gasteiger partial charge in [-0.1, -0.05) is 13.3 Å². The quantitative estimate of drug-likeness (QED) is 0.736. The number of likely N-dealkylation sites (N-methyl/N-ethyl adjacent to an activating group) is 1. The Morgan fingerprint density at radius 1 is 1.24 bits per heavy atom. The second-order valence-electron chi connectivity index (χ2n) is 5.97. The average Bonchev–Trinajstić information content (AvgIpc) is 2.95. The van der Waals surface area contributed by atoms with Gasteiger partial charge in [-0.2, -0.15) is 0 Å². The van der Waals surface area contributed by atoms with Gasteiger partial charge in [0, 0.05) is 12.6 Å². The van der Waals surface area contributed by atoms with Gasteiger partial charge < -0.3 is 10.1 Å². The van der Waals surface area contributed by atoms with E-state index in [9.17, 15) is 0 Å². The van der Waals surface area contributed by atoms with E-state index in [0.717, 1.165) is 30.8 Å². The highest BCUT2D eigenvalue weighted by Crippen LogP contribution is 2.50. The number of nitrogens with one attached hydrogen (secondary N) is 1. The van der Waals surface area contributed by atoms with Crippen LogP contribution >= 0.6 is 0 Å². The molecule has 100 valence electrons. The topological polar surface area (TPSA) is 21.3 Å². The first-order chi connectivity index (χ1) is 8.28. The summed E-state index contributed by atoms with van der Waals surface area (Å²) in [6.07, 6.45) is 8.88.